The summed E-state index contributed by atoms with van der Waals surface area (Å²) in [4.78, 5) is 24.3. The van der Waals surface area contributed by atoms with Crippen LogP contribution in [0.4, 0.5) is 4.39 Å². The van der Waals surface area contributed by atoms with Gasteiger partial charge in [-0.1, -0.05) is 12.1 Å². The zero-order chi connectivity index (χ0) is 15.4. The highest BCUT2D eigenvalue weighted by Crippen LogP contribution is 2.08. The van der Waals surface area contributed by atoms with Gasteiger partial charge < -0.3 is 5.32 Å². The number of aromatic nitrogens is 3. The molecule has 0 radical (unpaired) electrons. The average Bonchev–Trinajstić information content (AvgIpc) is 2.56. The predicted molar refractivity (Wildman–Crippen MR) is 79.8 cm³/mol. The summed E-state index contributed by atoms with van der Waals surface area (Å²) in [5, 5.41) is 2.81. The van der Waals surface area contributed by atoms with Gasteiger partial charge in [0, 0.05) is 25.1 Å². The fourth-order valence-electron chi connectivity index (χ4n) is 2.06. The number of hydrogen-bond acceptors (Lipinski definition) is 4. The lowest BCUT2D eigenvalue weighted by Gasteiger charge is -2.06. The summed E-state index contributed by atoms with van der Waals surface area (Å²) in [5.74, 6) is -0.488. The number of halogens is 1. The van der Waals surface area contributed by atoms with Gasteiger partial charge in [-0.15, -0.1) is 0 Å². The molecule has 1 aromatic carbocycles. The number of nitrogens with zero attached hydrogens (tertiary/aromatic N) is 3. The molecule has 22 heavy (non-hydrogen) atoms. The lowest BCUT2D eigenvalue weighted by molar-refractivity contribution is 0.0954. The molecule has 0 fully saturated rings. The highest BCUT2D eigenvalue weighted by molar-refractivity contribution is 5.96. The molecule has 3 rings (SSSR count). The first-order valence-corrected chi connectivity index (χ1v) is 6.82. The fourth-order valence-corrected chi connectivity index (χ4v) is 2.06. The zero-order valence-corrected chi connectivity index (χ0v) is 11.7. The SMILES string of the molecule is O=C(NCCc1ccc(F)cc1)c1cnc2nccnc2c1. The van der Waals surface area contributed by atoms with E-state index in [1.807, 2.05) is 0 Å². The van der Waals surface area contributed by atoms with Crippen molar-refractivity contribution in [2.75, 3.05) is 6.54 Å². The molecule has 0 aliphatic rings. The second-order valence-corrected chi connectivity index (χ2v) is 4.76. The van der Waals surface area contributed by atoms with Gasteiger partial charge >= 0.3 is 0 Å². The van der Waals surface area contributed by atoms with Crippen molar-refractivity contribution in [3.05, 3.63) is 65.9 Å². The Morgan fingerprint density at radius 1 is 1.09 bits per heavy atom. The Morgan fingerprint density at radius 2 is 1.86 bits per heavy atom. The molecule has 0 saturated carbocycles. The first-order chi connectivity index (χ1) is 10.7. The number of benzene rings is 1. The molecule has 3 aromatic rings. The van der Waals surface area contributed by atoms with Crippen molar-refractivity contribution >= 4 is 17.1 Å². The summed E-state index contributed by atoms with van der Waals surface area (Å²) in [6.07, 6.45) is 5.22. The number of pyridine rings is 1. The maximum Gasteiger partial charge on any atom is 0.252 e. The highest BCUT2D eigenvalue weighted by atomic mass is 19.1. The Labute approximate surface area is 126 Å². The Hall–Kier alpha value is -2.89. The molecule has 2 aromatic heterocycles. The van der Waals surface area contributed by atoms with Gasteiger partial charge in [-0.2, -0.15) is 0 Å². The van der Waals surface area contributed by atoms with Gasteiger partial charge in [0.15, 0.2) is 5.65 Å². The smallest absolute Gasteiger partial charge is 0.252 e. The maximum atomic E-state index is 12.8. The van der Waals surface area contributed by atoms with Crippen LogP contribution in [-0.4, -0.2) is 27.4 Å². The topological polar surface area (TPSA) is 67.8 Å². The Morgan fingerprint density at radius 3 is 2.68 bits per heavy atom. The molecule has 0 aliphatic heterocycles. The van der Waals surface area contributed by atoms with E-state index in [0.29, 0.717) is 29.7 Å². The normalized spacial score (nSPS) is 10.6. The molecule has 0 unspecified atom stereocenters. The van der Waals surface area contributed by atoms with E-state index in [2.05, 4.69) is 20.3 Å². The van der Waals surface area contributed by atoms with Gasteiger partial charge in [0.2, 0.25) is 0 Å². The van der Waals surface area contributed by atoms with Crippen LogP contribution in [0.5, 0.6) is 0 Å². The van der Waals surface area contributed by atoms with Crippen molar-refractivity contribution in [2.24, 2.45) is 0 Å². The van der Waals surface area contributed by atoms with Crippen LogP contribution < -0.4 is 5.32 Å². The van der Waals surface area contributed by atoms with Crippen LogP contribution in [0.2, 0.25) is 0 Å². The molecule has 0 saturated heterocycles. The number of hydrogen-bond donors (Lipinski definition) is 1. The monoisotopic (exact) mass is 296 g/mol. The predicted octanol–water partition coefficient (Wildman–Crippen LogP) is 2.14. The van der Waals surface area contributed by atoms with E-state index < -0.39 is 0 Å². The van der Waals surface area contributed by atoms with Crippen LogP contribution in [0.3, 0.4) is 0 Å². The van der Waals surface area contributed by atoms with E-state index in [-0.39, 0.29) is 11.7 Å². The van der Waals surface area contributed by atoms with Crippen LogP contribution >= 0.6 is 0 Å². The summed E-state index contributed by atoms with van der Waals surface area (Å²) in [6, 6.07) is 7.87. The summed E-state index contributed by atoms with van der Waals surface area (Å²) >= 11 is 0. The first-order valence-electron chi connectivity index (χ1n) is 6.82. The van der Waals surface area contributed by atoms with Crippen molar-refractivity contribution in [1.82, 2.24) is 20.3 Å². The molecule has 2 heterocycles. The second kappa shape index (κ2) is 6.26. The van der Waals surface area contributed by atoms with Crippen LogP contribution in [0.15, 0.2) is 48.9 Å². The molecule has 0 spiro atoms. The fraction of sp³-hybridized carbons (Fsp3) is 0.125. The molecule has 0 bridgehead atoms. The van der Waals surface area contributed by atoms with Gasteiger partial charge in [-0.3, -0.25) is 9.78 Å². The van der Waals surface area contributed by atoms with Crippen molar-refractivity contribution in [1.29, 1.82) is 0 Å². The number of carbonyl (C=O) groups excluding carboxylic acids is 1. The van der Waals surface area contributed by atoms with E-state index in [1.54, 1.807) is 30.6 Å². The molecular formula is C16H13FN4O. The highest BCUT2D eigenvalue weighted by Gasteiger charge is 2.07. The molecular weight excluding hydrogens is 283 g/mol. The van der Waals surface area contributed by atoms with Crippen LogP contribution in [0, 0.1) is 5.82 Å². The molecule has 0 atom stereocenters. The Kier molecular flexibility index (Phi) is 4.00. The van der Waals surface area contributed by atoms with E-state index >= 15 is 0 Å². The first kappa shape index (κ1) is 14.1. The molecule has 1 amide bonds. The number of amides is 1. The van der Waals surface area contributed by atoms with Gasteiger partial charge in [0.25, 0.3) is 5.91 Å². The van der Waals surface area contributed by atoms with Crippen LogP contribution in [0.25, 0.3) is 11.2 Å². The Bertz CT molecular complexity index is 805. The third-order valence-electron chi connectivity index (χ3n) is 3.20. The van der Waals surface area contributed by atoms with E-state index in [9.17, 15) is 9.18 Å². The van der Waals surface area contributed by atoms with Gasteiger partial charge in [-0.05, 0) is 30.2 Å². The van der Waals surface area contributed by atoms with E-state index in [1.165, 1.54) is 18.3 Å². The quantitative estimate of drug-likeness (QED) is 0.801. The molecule has 1 N–H and O–H groups in total. The summed E-state index contributed by atoms with van der Waals surface area (Å²) < 4.78 is 12.8. The molecule has 110 valence electrons. The Balaban J connectivity index is 1.62. The molecule has 6 heteroatoms. The number of carbonyl (C=O) groups is 1. The minimum atomic E-state index is -0.267. The summed E-state index contributed by atoms with van der Waals surface area (Å²) in [7, 11) is 0. The maximum absolute atomic E-state index is 12.8. The minimum Gasteiger partial charge on any atom is -0.352 e. The van der Waals surface area contributed by atoms with Crippen molar-refractivity contribution in [3.8, 4) is 0 Å². The van der Waals surface area contributed by atoms with E-state index in [4.69, 9.17) is 0 Å². The largest absolute Gasteiger partial charge is 0.352 e. The van der Waals surface area contributed by atoms with Crippen molar-refractivity contribution in [2.45, 2.75) is 6.42 Å². The zero-order valence-electron chi connectivity index (χ0n) is 11.7. The van der Waals surface area contributed by atoms with Gasteiger partial charge in [-0.25, -0.2) is 14.4 Å². The van der Waals surface area contributed by atoms with Crippen molar-refractivity contribution in [3.63, 3.8) is 0 Å². The second-order valence-electron chi connectivity index (χ2n) is 4.76. The minimum absolute atomic E-state index is 0.220. The van der Waals surface area contributed by atoms with Crippen LogP contribution in [-0.2, 0) is 6.42 Å². The third kappa shape index (κ3) is 3.22. The lowest BCUT2D eigenvalue weighted by Crippen LogP contribution is -2.25. The van der Waals surface area contributed by atoms with Crippen molar-refractivity contribution < 1.29 is 9.18 Å². The third-order valence-corrected chi connectivity index (χ3v) is 3.20. The number of fused-ring (bicyclic) bond motifs is 1. The lowest BCUT2D eigenvalue weighted by atomic mass is 10.1. The number of nitrogens with one attached hydrogen (secondary N) is 1. The summed E-state index contributed by atoms with van der Waals surface area (Å²) in [6.45, 7) is 0.461. The molecule has 5 nitrogen and oxygen atoms in total. The van der Waals surface area contributed by atoms with E-state index in [0.717, 1.165) is 5.56 Å². The average molecular weight is 296 g/mol. The molecule has 0 aliphatic carbocycles. The van der Waals surface area contributed by atoms with Gasteiger partial charge in [0.1, 0.15) is 11.3 Å². The summed E-state index contributed by atoms with van der Waals surface area (Å²) in [5.41, 5.74) is 2.48. The standard InChI is InChI=1S/C16H13FN4O/c17-13-3-1-11(2-4-13)5-6-20-16(22)12-9-14-15(21-10-12)19-8-7-18-14/h1-4,7-10H,5-6H2,(H,20,22). The van der Waals surface area contributed by atoms with Crippen LogP contribution in [0.1, 0.15) is 15.9 Å². The number of rotatable bonds is 4. The van der Waals surface area contributed by atoms with Gasteiger partial charge in [0.05, 0.1) is 5.56 Å².